The molecule has 2 saturated heterocycles. The number of barbiturate groups is 1. The van der Waals surface area contributed by atoms with E-state index in [1.54, 1.807) is 42.5 Å². The van der Waals surface area contributed by atoms with Gasteiger partial charge >= 0.3 is 6.03 Å². The number of imide groups is 2. The molecule has 0 radical (unpaired) electrons. The van der Waals surface area contributed by atoms with E-state index in [9.17, 15) is 18.8 Å². The maximum atomic E-state index is 14.7. The van der Waals surface area contributed by atoms with Crippen LogP contribution in [-0.4, -0.2) is 30.4 Å². The zero-order valence-electron chi connectivity index (χ0n) is 15.7. The van der Waals surface area contributed by atoms with Crippen molar-refractivity contribution in [2.45, 2.75) is 31.7 Å². The van der Waals surface area contributed by atoms with Crippen molar-refractivity contribution in [1.29, 1.82) is 0 Å². The van der Waals surface area contributed by atoms with E-state index in [0.29, 0.717) is 29.9 Å². The third-order valence-corrected chi connectivity index (χ3v) is 6.33. The number of fused-ring (bicyclic) bond motifs is 4. The number of nitrogens with zero attached hydrogens (tertiary/aromatic N) is 2. The lowest BCUT2D eigenvalue weighted by atomic mass is 9.66. The summed E-state index contributed by atoms with van der Waals surface area (Å²) in [5, 5.41) is 2.40. The Hall–Kier alpha value is -3.22. The second-order valence-electron chi connectivity index (χ2n) is 7.84. The highest BCUT2D eigenvalue weighted by atomic mass is 19.1. The molecule has 7 heteroatoms. The first-order valence-corrected chi connectivity index (χ1v) is 9.83. The van der Waals surface area contributed by atoms with E-state index in [0.717, 1.165) is 17.7 Å². The lowest BCUT2D eigenvalue weighted by molar-refractivity contribution is -0.145. The van der Waals surface area contributed by atoms with Gasteiger partial charge in [0, 0.05) is 6.54 Å². The zero-order valence-corrected chi connectivity index (χ0v) is 15.7. The third kappa shape index (κ3) is 2.43. The first-order valence-electron chi connectivity index (χ1n) is 9.83. The van der Waals surface area contributed by atoms with Gasteiger partial charge in [-0.05, 0) is 49.4 Å². The Morgan fingerprint density at radius 3 is 2.59 bits per heavy atom. The third-order valence-electron chi connectivity index (χ3n) is 6.33. The first-order chi connectivity index (χ1) is 14.0. The fraction of sp³-hybridized carbons (Fsp3) is 0.318. The number of halogens is 1. The molecule has 0 aliphatic carbocycles. The molecular weight excluding hydrogens is 373 g/mol. The Morgan fingerprint density at radius 1 is 1.00 bits per heavy atom. The molecule has 29 heavy (non-hydrogen) atoms. The molecule has 0 bridgehead atoms. The number of carbonyl (C=O) groups is 3. The summed E-state index contributed by atoms with van der Waals surface area (Å²) in [6.07, 6.45) is 2.36. The largest absolute Gasteiger partial charge is 0.364 e. The smallest absolute Gasteiger partial charge is 0.335 e. The van der Waals surface area contributed by atoms with E-state index in [1.165, 1.54) is 6.07 Å². The summed E-state index contributed by atoms with van der Waals surface area (Å²) in [6.45, 7) is 0.570. The van der Waals surface area contributed by atoms with E-state index in [-0.39, 0.29) is 12.2 Å². The van der Waals surface area contributed by atoms with Gasteiger partial charge in [0.1, 0.15) is 5.82 Å². The summed E-state index contributed by atoms with van der Waals surface area (Å²) in [4.78, 5) is 42.5. The van der Waals surface area contributed by atoms with Crippen LogP contribution in [0.1, 0.15) is 24.8 Å². The Morgan fingerprint density at radius 2 is 1.79 bits per heavy atom. The SMILES string of the molecule is O=C1NC(=O)[C@@]2(Cc3cccc(F)c3N3CCCC[C@@H]32)C(=O)N1c1ccccc1. The fourth-order valence-electron chi connectivity index (χ4n) is 5.07. The van der Waals surface area contributed by atoms with E-state index >= 15 is 0 Å². The number of nitrogens with one attached hydrogen (secondary N) is 1. The number of piperidine rings is 1. The predicted molar refractivity (Wildman–Crippen MR) is 105 cm³/mol. The van der Waals surface area contributed by atoms with Crippen molar-refractivity contribution in [1.82, 2.24) is 5.32 Å². The van der Waals surface area contributed by atoms with Crippen LogP contribution in [0, 0.1) is 11.2 Å². The normalized spacial score (nSPS) is 26.2. The van der Waals surface area contributed by atoms with E-state index in [1.807, 2.05) is 4.90 Å². The van der Waals surface area contributed by atoms with Gasteiger partial charge in [0.25, 0.3) is 5.91 Å². The molecule has 5 rings (SSSR count). The highest BCUT2D eigenvalue weighted by Gasteiger charge is 2.62. The lowest BCUT2D eigenvalue weighted by Gasteiger charge is -2.53. The maximum Gasteiger partial charge on any atom is 0.335 e. The van der Waals surface area contributed by atoms with E-state index < -0.39 is 29.3 Å². The van der Waals surface area contributed by atoms with Crippen LogP contribution in [-0.2, 0) is 16.0 Å². The van der Waals surface area contributed by atoms with Crippen molar-refractivity contribution in [3.8, 4) is 0 Å². The number of para-hydroxylation sites is 2. The number of rotatable bonds is 1. The molecule has 6 nitrogen and oxygen atoms in total. The molecular formula is C22H20FN3O3. The first kappa shape index (κ1) is 17.8. The molecule has 2 aromatic rings. The van der Waals surface area contributed by atoms with Crippen LogP contribution in [0.15, 0.2) is 48.5 Å². The molecule has 2 atom stereocenters. The van der Waals surface area contributed by atoms with Gasteiger partial charge in [-0.2, -0.15) is 0 Å². The monoisotopic (exact) mass is 393 g/mol. The van der Waals surface area contributed by atoms with Crippen LogP contribution < -0.4 is 15.1 Å². The van der Waals surface area contributed by atoms with Crippen LogP contribution in [0.2, 0.25) is 0 Å². The highest BCUT2D eigenvalue weighted by Crippen LogP contribution is 2.48. The van der Waals surface area contributed by atoms with Crippen LogP contribution in [0.25, 0.3) is 0 Å². The topological polar surface area (TPSA) is 69.7 Å². The second-order valence-corrected chi connectivity index (χ2v) is 7.84. The molecule has 148 valence electrons. The summed E-state index contributed by atoms with van der Waals surface area (Å²) >= 11 is 0. The van der Waals surface area contributed by atoms with Gasteiger partial charge in [-0.1, -0.05) is 30.3 Å². The quantitative estimate of drug-likeness (QED) is 0.757. The van der Waals surface area contributed by atoms with Crippen molar-refractivity contribution in [3.05, 3.63) is 59.9 Å². The fourth-order valence-corrected chi connectivity index (χ4v) is 5.07. The molecule has 3 heterocycles. The molecule has 3 aliphatic heterocycles. The average molecular weight is 393 g/mol. The Balaban J connectivity index is 1.69. The molecule has 0 aromatic heterocycles. The van der Waals surface area contributed by atoms with E-state index in [2.05, 4.69) is 5.32 Å². The van der Waals surface area contributed by atoms with Crippen LogP contribution in [0.5, 0.6) is 0 Å². The standard InChI is InChI=1S/C22H20FN3O3/c23-16-10-6-7-14-13-22(17-11-4-5-12-25(17)18(14)16)19(27)24-21(29)26(20(22)28)15-8-2-1-3-9-15/h1-3,6-10,17H,4-5,11-13H2,(H,24,27,29)/t17-,22+/m1/s1. The minimum absolute atomic E-state index is 0.0720. The van der Waals surface area contributed by atoms with Gasteiger partial charge in [-0.15, -0.1) is 0 Å². The number of urea groups is 1. The van der Waals surface area contributed by atoms with Crippen molar-refractivity contribution < 1.29 is 18.8 Å². The van der Waals surface area contributed by atoms with Gasteiger partial charge in [0.05, 0.1) is 17.4 Å². The molecule has 0 unspecified atom stereocenters. The highest BCUT2D eigenvalue weighted by molar-refractivity contribution is 6.30. The molecule has 0 saturated carbocycles. The minimum Gasteiger partial charge on any atom is -0.364 e. The maximum absolute atomic E-state index is 14.7. The van der Waals surface area contributed by atoms with Crippen LogP contribution in [0.3, 0.4) is 0 Å². The number of anilines is 2. The number of amides is 4. The zero-order chi connectivity index (χ0) is 20.2. The Bertz CT molecular complexity index is 1030. The Labute approximate surface area is 167 Å². The van der Waals surface area contributed by atoms with Gasteiger partial charge < -0.3 is 4.90 Å². The lowest BCUT2D eigenvalue weighted by Crippen LogP contribution is -2.73. The van der Waals surface area contributed by atoms with Crippen molar-refractivity contribution in [3.63, 3.8) is 0 Å². The van der Waals surface area contributed by atoms with Gasteiger partial charge in [-0.3, -0.25) is 14.9 Å². The summed E-state index contributed by atoms with van der Waals surface area (Å²) in [6, 6.07) is 12.1. The van der Waals surface area contributed by atoms with Crippen LogP contribution >= 0.6 is 0 Å². The molecule has 1 N–H and O–H groups in total. The minimum atomic E-state index is -1.47. The molecule has 3 aliphatic rings. The van der Waals surface area contributed by atoms with E-state index in [4.69, 9.17) is 0 Å². The van der Waals surface area contributed by atoms with Gasteiger partial charge in [0.2, 0.25) is 5.91 Å². The number of hydrogen-bond donors (Lipinski definition) is 1. The molecule has 1 spiro atoms. The average Bonchev–Trinajstić information content (AvgIpc) is 2.73. The Kier molecular flexibility index (Phi) is 3.94. The van der Waals surface area contributed by atoms with Crippen molar-refractivity contribution in [2.24, 2.45) is 5.41 Å². The summed E-state index contributed by atoms with van der Waals surface area (Å²) in [5.41, 5.74) is 0.0418. The second kappa shape index (κ2) is 6.40. The molecule has 4 amide bonds. The molecule has 2 fully saturated rings. The summed E-state index contributed by atoms with van der Waals surface area (Å²) < 4.78 is 14.7. The predicted octanol–water partition coefficient (Wildman–Crippen LogP) is 3.01. The van der Waals surface area contributed by atoms with Crippen molar-refractivity contribution >= 4 is 29.2 Å². The molecule has 2 aromatic carbocycles. The summed E-state index contributed by atoms with van der Waals surface area (Å²) in [7, 11) is 0. The number of carbonyl (C=O) groups excluding carboxylic acids is 3. The number of benzene rings is 2. The van der Waals surface area contributed by atoms with Crippen molar-refractivity contribution in [2.75, 3.05) is 16.3 Å². The van der Waals surface area contributed by atoms with Crippen LogP contribution in [0.4, 0.5) is 20.6 Å². The van der Waals surface area contributed by atoms with Gasteiger partial charge in [-0.25, -0.2) is 14.1 Å². The number of hydrogen-bond acceptors (Lipinski definition) is 4. The van der Waals surface area contributed by atoms with Gasteiger partial charge in [0.15, 0.2) is 5.41 Å². The summed E-state index contributed by atoms with van der Waals surface area (Å²) in [5.74, 6) is -1.47.